The van der Waals surface area contributed by atoms with Gasteiger partial charge in [-0.15, -0.1) is 0 Å². The Morgan fingerprint density at radius 3 is 2.45 bits per heavy atom. The van der Waals surface area contributed by atoms with Crippen LogP contribution in [0.15, 0.2) is 23.1 Å². The summed E-state index contributed by atoms with van der Waals surface area (Å²) in [7, 11) is -4.25. The van der Waals surface area contributed by atoms with Crippen molar-refractivity contribution in [2.45, 2.75) is 23.7 Å². The highest BCUT2D eigenvalue weighted by molar-refractivity contribution is 7.89. The number of hydrogen-bond acceptors (Lipinski definition) is 4. The number of nitrogens with zero attached hydrogens (tertiary/aromatic N) is 1. The molecule has 1 aromatic rings. The number of alkyl halides is 2. The maximum Gasteiger partial charge on any atom is 0.263 e. The molecule has 1 fully saturated rings. The van der Waals surface area contributed by atoms with Gasteiger partial charge < -0.3 is 10.1 Å². The van der Waals surface area contributed by atoms with Crippen LogP contribution in [0.1, 0.15) is 23.2 Å². The molecule has 2 N–H and O–H groups in total. The first-order valence-corrected chi connectivity index (χ1v) is 8.15. The lowest BCUT2D eigenvalue weighted by Crippen LogP contribution is -2.42. The Balaban J connectivity index is 2.27. The minimum Gasteiger partial charge on any atom is -0.338 e. The van der Waals surface area contributed by atoms with Gasteiger partial charge in [0, 0.05) is 31.5 Å². The molecule has 122 valence electrons. The maximum absolute atomic E-state index is 13.1. The molecular formula is C12H13ClF2N2O4S. The van der Waals surface area contributed by atoms with Crippen molar-refractivity contribution in [3.05, 3.63) is 28.8 Å². The van der Waals surface area contributed by atoms with Gasteiger partial charge in [-0.3, -0.25) is 4.79 Å². The standard InChI is InChI=1S/C12H13ClF2N2O4S/c13-9-2-1-8(7-10(9)22(20,21)16-19)11(18)17-5-3-12(14,15)4-6-17/h1-2,7,16,19H,3-6H2. The normalized spacial score (nSPS) is 18.3. The highest BCUT2D eigenvalue weighted by Gasteiger charge is 2.36. The van der Waals surface area contributed by atoms with Crippen molar-refractivity contribution < 1.29 is 27.2 Å². The van der Waals surface area contributed by atoms with Crippen LogP contribution in [0, 0.1) is 0 Å². The lowest BCUT2D eigenvalue weighted by molar-refractivity contribution is -0.0494. The van der Waals surface area contributed by atoms with E-state index in [0.29, 0.717) is 0 Å². The van der Waals surface area contributed by atoms with Gasteiger partial charge in [-0.05, 0) is 18.2 Å². The van der Waals surface area contributed by atoms with Gasteiger partial charge in [0.15, 0.2) is 0 Å². The summed E-state index contributed by atoms with van der Waals surface area (Å²) in [5.74, 6) is -3.35. The third kappa shape index (κ3) is 3.54. The molecule has 1 amide bonds. The zero-order valence-electron chi connectivity index (χ0n) is 11.2. The van der Waals surface area contributed by atoms with Gasteiger partial charge in [-0.2, -0.15) is 0 Å². The van der Waals surface area contributed by atoms with Gasteiger partial charge in [0.2, 0.25) is 0 Å². The van der Waals surface area contributed by atoms with Crippen molar-refractivity contribution in [3.8, 4) is 0 Å². The summed E-state index contributed by atoms with van der Waals surface area (Å²) in [6.07, 6.45) is -0.870. The quantitative estimate of drug-likeness (QED) is 0.811. The van der Waals surface area contributed by atoms with Crippen LogP contribution in [0.5, 0.6) is 0 Å². The fourth-order valence-corrected chi connectivity index (χ4v) is 3.24. The molecule has 0 spiro atoms. The first-order valence-electron chi connectivity index (χ1n) is 6.29. The monoisotopic (exact) mass is 354 g/mol. The summed E-state index contributed by atoms with van der Waals surface area (Å²) in [6.45, 7) is -0.233. The topological polar surface area (TPSA) is 86.7 Å². The molecule has 0 atom stereocenters. The van der Waals surface area contributed by atoms with Crippen LogP contribution in [0.25, 0.3) is 0 Å². The van der Waals surface area contributed by atoms with Gasteiger partial charge in [0.05, 0.1) is 5.02 Å². The molecule has 6 nitrogen and oxygen atoms in total. The molecule has 0 radical (unpaired) electrons. The van der Waals surface area contributed by atoms with Crippen molar-refractivity contribution in [2.75, 3.05) is 13.1 Å². The van der Waals surface area contributed by atoms with Crippen molar-refractivity contribution in [1.29, 1.82) is 0 Å². The Kier molecular flexibility index (Phi) is 4.71. The lowest BCUT2D eigenvalue weighted by Gasteiger charge is -2.31. The zero-order valence-corrected chi connectivity index (χ0v) is 12.8. The zero-order chi connectivity index (χ0) is 16.5. The predicted octanol–water partition coefficient (Wildman–Crippen LogP) is 1.88. The first-order chi connectivity index (χ1) is 10.2. The Morgan fingerprint density at radius 1 is 1.32 bits per heavy atom. The van der Waals surface area contributed by atoms with Crippen molar-refractivity contribution in [2.24, 2.45) is 0 Å². The lowest BCUT2D eigenvalue weighted by atomic mass is 10.1. The van der Waals surface area contributed by atoms with E-state index in [1.54, 1.807) is 0 Å². The SMILES string of the molecule is O=C(c1ccc(Cl)c(S(=O)(=O)NO)c1)N1CCC(F)(F)CC1. The fourth-order valence-electron chi connectivity index (χ4n) is 2.11. The number of amides is 1. The van der Waals surface area contributed by atoms with Crippen LogP contribution in [0.2, 0.25) is 5.02 Å². The van der Waals surface area contributed by atoms with Crippen molar-refractivity contribution in [3.63, 3.8) is 0 Å². The van der Waals surface area contributed by atoms with Gasteiger partial charge in [-0.1, -0.05) is 16.5 Å². The Morgan fingerprint density at radius 2 is 1.91 bits per heavy atom. The smallest absolute Gasteiger partial charge is 0.263 e. The number of likely N-dealkylation sites (tertiary alicyclic amines) is 1. The van der Waals surface area contributed by atoms with Crippen LogP contribution in [-0.2, 0) is 10.0 Å². The summed E-state index contributed by atoms with van der Waals surface area (Å²) in [6, 6.07) is 3.49. The van der Waals surface area contributed by atoms with Crippen LogP contribution in [0.3, 0.4) is 0 Å². The first kappa shape index (κ1) is 17.1. The number of nitrogens with one attached hydrogen (secondary N) is 1. The number of piperidine rings is 1. The van der Waals surface area contributed by atoms with Crippen molar-refractivity contribution >= 4 is 27.5 Å². The predicted molar refractivity (Wildman–Crippen MR) is 73.6 cm³/mol. The highest BCUT2D eigenvalue weighted by Crippen LogP contribution is 2.29. The molecule has 0 aliphatic carbocycles. The van der Waals surface area contributed by atoms with E-state index in [2.05, 4.69) is 0 Å². The highest BCUT2D eigenvalue weighted by atomic mass is 35.5. The molecule has 1 aliphatic rings. The molecule has 10 heteroatoms. The van der Waals surface area contributed by atoms with Crippen LogP contribution in [0.4, 0.5) is 8.78 Å². The van der Waals surface area contributed by atoms with E-state index in [1.807, 2.05) is 0 Å². The number of sulfonamides is 1. The molecule has 1 heterocycles. The second kappa shape index (κ2) is 6.07. The Bertz CT molecular complexity index is 686. The molecule has 22 heavy (non-hydrogen) atoms. The summed E-state index contributed by atoms with van der Waals surface area (Å²) < 4.78 is 49.4. The molecule has 0 saturated carbocycles. The van der Waals surface area contributed by atoms with E-state index < -0.39 is 39.6 Å². The number of rotatable bonds is 3. The average molecular weight is 355 g/mol. The molecule has 1 saturated heterocycles. The van der Waals surface area contributed by atoms with E-state index in [0.717, 1.165) is 11.0 Å². The number of halogens is 3. The van der Waals surface area contributed by atoms with Crippen LogP contribution < -0.4 is 4.89 Å². The fraction of sp³-hybridized carbons (Fsp3) is 0.417. The van der Waals surface area contributed by atoms with Crippen LogP contribution >= 0.6 is 11.6 Å². The molecular weight excluding hydrogens is 342 g/mol. The van der Waals surface area contributed by atoms with Crippen molar-refractivity contribution in [1.82, 2.24) is 9.79 Å². The van der Waals surface area contributed by atoms with Gasteiger partial charge >= 0.3 is 0 Å². The van der Waals surface area contributed by atoms with E-state index >= 15 is 0 Å². The molecule has 1 aliphatic heterocycles. The minimum absolute atomic E-state index is 0.0107. The molecule has 0 unspecified atom stereocenters. The number of carbonyl (C=O) groups is 1. The second-order valence-electron chi connectivity index (χ2n) is 4.89. The molecule has 1 aromatic carbocycles. The minimum atomic E-state index is -4.25. The summed E-state index contributed by atoms with van der Waals surface area (Å²) >= 11 is 5.73. The maximum atomic E-state index is 13.1. The second-order valence-corrected chi connectivity index (χ2v) is 6.92. The average Bonchev–Trinajstić information content (AvgIpc) is 2.47. The van der Waals surface area contributed by atoms with Gasteiger partial charge in [0.1, 0.15) is 4.90 Å². The van der Waals surface area contributed by atoms with Crippen LogP contribution in [-0.4, -0.2) is 43.4 Å². The van der Waals surface area contributed by atoms with E-state index in [-0.39, 0.29) is 23.7 Å². The van der Waals surface area contributed by atoms with E-state index in [9.17, 15) is 22.0 Å². The molecule has 0 aromatic heterocycles. The van der Waals surface area contributed by atoms with E-state index in [4.69, 9.17) is 16.8 Å². The third-order valence-corrected chi connectivity index (χ3v) is 4.97. The Hall–Kier alpha value is -1.29. The van der Waals surface area contributed by atoms with Gasteiger partial charge in [-0.25, -0.2) is 17.2 Å². The number of carbonyl (C=O) groups excluding carboxylic acids is 1. The van der Waals surface area contributed by atoms with Gasteiger partial charge in [0.25, 0.3) is 21.9 Å². The summed E-state index contributed by atoms with van der Waals surface area (Å²) in [5.41, 5.74) is -0.0107. The Labute approximate surface area is 130 Å². The summed E-state index contributed by atoms with van der Waals surface area (Å²) in [4.78, 5) is 14.1. The third-order valence-electron chi connectivity index (χ3n) is 3.37. The molecule has 2 rings (SSSR count). The summed E-state index contributed by atoms with van der Waals surface area (Å²) in [5, 5.41) is 8.45. The number of hydrogen-bond donors (Lipinski definition) is 2. The van der Waals surface area contributed by atoms with E-state index in [1.165, 1.54) is 17.0 Å². The molecule has 0 bridgehead atoms. The number of benzene rings is 1. The largest absolute Gasteiger partial charge is 0.338 e.